The summed E-state index contributed by atoms with van der Waals surface area (Å²) in [6.07, 6.45) is 0. The van der Waals surface area contributed by atoms with Gasteiger partial charge in [-0.25, -0.2) is 14.2 Å². The van der Waals surface area contributed by atoms with Crippen LogP contribution < -0.4 is 0 Å². The lowest BCUT2D eigenvalue weighted by Gasteiger charge is -2.06. The van der Waals surface area contributed by atoms with Crippen molar-refractivity contribution in [3.05, 3.63) is 81.6 Å². The van der Waals surface area contributed by atoms with E-state index in [0.29, 0.717) is 5.56 Å². The fraction of sp³-hybridized carbons (Fsp3) is 0.150. The van der Waals surface area contributed by atoms with Crippen LogP contribution in [0, 0.1) is 12.7 Å². The van der Waals surface area contributed by atoms with Gasteiger partial charge < -0.3 is 4.74 Å². The highest BCUT2D eigenvalue weighted by atomic mass is 32.2. The lowest BCUT2D eigenvalue weighted by atomic mass is 10.1. The largest absolute Gasteiger partial charge is 0.454 e. The molecule has 0 N–H and O–H groups in total. The number of thioether (sulfide) groups is 1. The number of halogens is 1. The molecule has 0 amide bonds. The number of thiazole rings is 1. The summed E-state index contributed by atoms with van der Waals surface area (Å²) < 4.78 is 18.6. The third-order valence-electron chi connectivity index (χ3n) is 3.65. The van der Waals surface area contributed by atoms with Crippen LogP contribution in [0.2, 0.25) is 0 Å². The van der Waals surface area contributed by atoms with Crippen LogP contribution in [0.25, 0.3) is 0 Å². The standard InChI is InChI=1S/C20H16FNO3S2/c1-13-22-15(11-26-13)12-27-16-8-6-14(7-9-16)20(24)25-10-19(23)17-4-2-3-5-18(17)21/h2-9,11H,10,12H2,1H3. The average molecular weight is 401 g/mol. The Morgan fingerprint density at radius 3 is 2.56 bits per heavy atom. The van der Waals surface area contributed by atoms with E-state index >= 15 is 0 Å². The summed E-state index contributed by atoms with van der Waals surface area (Å²) in [6.45, 7) is 1.47. The Morgan fingerprint density at radius 1 is 1.15 bits per heavy atom. The van der Waals surface area contributed by atoms with Crippen LogP contribution in [0.3, 0.4) is 0 Å². The Kier molecular flexibility index (Phi) is 6.36. The van der Waals surface area contributed by atoms with Gasteiger partial charge in [0.25, 0.3) is 0 Å². The van der Waals surface area contributed by atoms with Gasteiger partial charge in [-0.2, -0.15) is 0 Å². The Morgan fingerprint density at radius 2 is 1.89 bits per heavy atom. The van der Waals surface area contributed by atoms with Crippen LogP contribution in [0.15, 0.2) is 58.8 Å². The molecule has 0 bridgehead atoms. The molecule has 0 saturated carbocycles. The van der Waals surface area contributed by atoms with Crippen LogP contribution in [-0.4, -0.2) is 23.3 Å². The number of carbonyl (C=O) groups is 2. The van der Waals surface area contributed by atoms with Gasteiger partial charge in [-0.15, -0.1) is 23.1 Å². The zero-order valence-corrected chi connectivity index (χ0v) is 16.1. The highest BCUT2D eigenvalue weighted by molar-refractivity contribution is 7.98. The van der Waals surface area contributed by atoms with Gasteiger partial charge in [-0.3, -0.25) is 4.79 Å². The number of carbonyl (C=O) groups excluding carboxylic acids is 2. The third-order valence-corrected chi connectivity index (χ3v) is 5.52. The van der Waals surface area contributed by atoms with E-state index in [9.17, 15) is 14.0 Å². The minimum Gasteiger partial charge on any atom is -0.454 e. The summed E-state index contributed by atoms with van der Waals surface area (Å²) >= 11 is 3.24. The molecule has 0 aliphatic heterocycles. The summed E-state index contributed by atoms with van der Waals surface area (Å²) in [4.78, 5) is 29.4. The molecule has 7 heteroatoms. The molecule has 0 aliphatic rings. The van der Waals surface area contributed by atoms with Gasteiger partial charge in [0.1, 0.15) is 5.82 Å². The van der Waals surface area contributed by atoms with Crippen molar-refractivity contribution in [2.75, 3.05) is 6.61 Å². The molecule has 27 heavy (non-hydrogen) atoms. The van der Waals surface area contributed by atoms with Crippen LogP contribution >= 0.6 is 23.1 Å². The first-order valence-electron chi connectivity index (χ1n) is 8.11. The molecule has 0 spiro atoms. The quantitative estimate of drug-likeness (QED) is 0.319. The van der Waals surface area contributed by atoms with E-state index in [1.165, 1.54) is 18.2 Å². The summed E-state index contributed by atoms with van der Waals surface area (Å²) in [5.41, 5.74) is 1.28. The van der Waals surface area contributed by atoms with Gasteiger partial charge >= 0.3 is 5.97 Å². The fourth-order valence-corrected chi connectivity index (χ4v) is 3.81. The number of benzene rings is 2. The monoisotopic (exact) mass is 401 g/mol. The molecule has 0 unspecified atom stereocenters. The number of hydrogen-bond donors (Lipinski definition) is 0. The van der Waals surface area contributed by atoms with Crippen LogP contribution in [0.4, 0.5) is 4.39 Å². The van der Waals surface area contributed by atoms with Crippen LogP contribution in [0.1, 0.15) is 31.4 Å². The SMILES string of the molecule is Cc1nc(CSc2ccc(C(=O)OCC(=O)c3ccccc3F)cc2)cs1. The molecule has 0 radical (unpaired) electrons. The molecule has 3 rings (SSSR count). The topological polar surface area (TPSA) is 56.3 Å². The number of esters is 1. The molecule has 0 aliphatic carbocycles. The second-order valence-electron chi connectivity index (χ2n) is 5.65. The van der Waals surface area contributed by atoms with Crippen molar-refractivity contribution in [2.24, 2.45) is 0 Å². The molecule has 1 aromatic heterocycles. The summed E-state index contributed by atoms with van der Waals surface area (Å²) in [5.74, 6) is -1.07. The van der Waals surface area contributed by atoms with Crippen molar-refractivity contribution >= 4 is 34.9 Å². The molecule has 3 aromatic rings. The Balaban J connectivity index is 1.52. The number of aromatic nitrogens is 1. The molecule has 1 heterocycles. The van der Waals surface area contributed by atoms with E-state index in [2.05, 4.69) is 4.98 Å². The Labute approximate surface area is 164 Å². The van der Waals surface area contributed by atoms with Crippen LogP contribution in [-0.2, 0) is 10.5 Å². The summed E-state index contributed by atoms with van der Waals surface area (Å²) in [5, 5.41) is 3.06. The maximum atomic E-state index is 13.6. The zero-order chi connectivity index (χ0) is 19.2. The van der Waals surface area contributed by atoms with Crippen molar-refractivity contribution in [3.8, 4) is 0 Å². The average Bonchev–Trinajstić information content (AvgIpc) is 3.10. The fourth-order valence-electron chi connectivity index (χ4n) is 2.30. The highest BCUT2D eigenvalue weighted by Gasteiger charge is 2.14. The molecule has 0 fully saturated rings. The van der Waals surface area contributed by atoms with E-state index in [4.69, 9.17) is 4.74 Å². The molecule has 138 valence electrons. The van der Waals surface area contributed by atoms with Gasteiger partial charge in [0, 0.05) is 16.0 Å². The number of rotatable bonds is 7. The molecule has 2 aromatic carbocycles. The lowest BCUT2D eigenvalue weighted by molar-refractivity contribution is 0.0473. The van der Waals surface area contributed by atoms with Gasteiger partial charge in [0.05, 0.1) is 21.8 Å². The Bertz CT molecular complexity index is 954. The summed E-state index contributed by atoms with van der Waals surface area (Å²) in [6, 6.07) is 12.5. The van der Waals surface area contributed by atoms with Gasteiger partial charge in [0.2, 0.25) is 5.78 Å². The predicted molar refractivity (Wildman–Crippen MR) is 104 cm³/mol. The number of ether oxygens (including phenoxy) is 1. The van der Waals surface area contributed by atoms with Gasteiger partial charge in [-0.05, 0) is 43.3 Å². The lowest BCUT2D eigenvalue weighted by Crippen LogP contribution is -2.15. The minimum absolute atomic E-state index is 0.0886. The second kappa shape index (κ2) is 8.92. The number of aryl methyl sites for hydroxylation is 1. The first-order valence-corrected chi connectivity index (χ1v) is 9.98. The van der Waals surface area contributed by atoms with E-state index in [0.717, 1.165) is 21.3 Å². The smallest absolute Gasteiger partial charge is 0.338 e. The predicted octanol–water partition coefficient (Wildman–Crippen LogP) is 4.92. The number of hydrogen-bond acceptors (Lipinski definition) is 6. The van der Waals surface area contributed by atoms with Crippen LogP contribution in [0.5, 0.6) is 0 Å². The molecule has 0 atom stereocenters. The first kappa shape index (κ1) is 19.3. The van der Waals surface area contributed by atoms with Crippen molar-refractivity contribution in [1.82, 2.24) is 4.98 Å². The van der Waals surface area contributed by atoms with Crippen molar-refractivity contribution in [3.63, 3.8) is 0 Å². The second-order valence-corrected chi connectivity index (χ2v) is 7.76. The minimum atomic E-state index is -0.629. The van der Waals surface area contributed by atoms with Crippen molar-refractivity contribution < 1.29 is 18.7 Å². The third kappa shape index (κ3) is 5.24. The van der Waals surface area contributed by atoms with E-state index in [1.54, 1.807) is 41.3 Å². The van der Waals surface area contributed by atoms with Crippen molar-refractivity contribution in [1.29, 1.82) is 0 Å². The van der Waals surface area contributed by atoms with E-state index < -0.39 is 24.2 Å². The highest BCUT2D eigenvalue weighted by Crippen LogP contribution is 2.24. The number of Topliss-reactive ketones (excluding diaryl/α,β-unsaturated/α-hetero) is 1. The normalized spacial score (nSPS) is 10.6. The van der Waals surface area contributed by atoms with Crippen molar-refractivity contribution in [2.45, 2.75) is 17.6 Å². The maximum absolute atomic E-state index is 13.6. The molecular weight excluding hydrogens is 385 g/mol. The molecule has 0 saturated heterocycles. The van der Waals surface area contributed by atoms with Gasteiger partial charge in [0.15, 0.2) is 6.61 Å². The number of nitrogens with zero attached hydrogens (tertiary/aromatic N) is 1. The Hall–Kier alpha value is -2.51. The van der Waals surface area contributed by atoms with E-state index in [-0.39, 0.29) is 5.56 Å². The first-order chi connectivity index (χ1) is 13.0. The maximum Gasteiger partial charge on any atom is 0.338 e. The number of ketones is 1. The zero-order valence-electron chi connectivity index (χ0n) is 14.5. The molecule has 4 nitrogen and oxygen atoms in total. The molecular formula is C20H16FNO3S2. The van der Waals surface area contributed by atoms with E-state index in [1.807, 2.05) is 24.4 Å². The summed E-state index contributed by atoms with van der Waals surface area (Å²) in [7, 11) is 0. The van der Waals surface area contributed by atoms with Gasteiger partial charge in [-0.1, -0.05) is 12.1 Å².